The Morgan fingerprint density at radius 3 is 2.92 bits per heavy atom. The number of rotatable bonds is 3. The number of hydrogen-bond donors (Lipinski definition) is 0. The van der Waals surface area contributed by atoms with Gasteiger partial charge in [-0.3, -0.25) is 4.68 Å². The first-order chi connectivity index (χ1) is 5.81. The third-order valence-corrected chi connectivity index (χ3v) is 2.37. The predicted octanol–water partition coefficient (Wildman–Crippen LogP) is 2.48. The van der Waals surface area contributed by atoms with Gasteiger partial charge in [0.15, 0.2) is 0 Å². The summed E-state index contributed by atoms with van der Waals surface area (Å²) in [6.45, 7) is 4.36. The average molecular weight is 164 g/mol. The van der Waals surface area contributed by atoms with Crippen molar-refractivity contribution in [3.05, 3.63) is 17.5 Å². The van der Waals surface area contributed by atoms with Gasteiger partial charge in [-0.2, -0.15) is 5.10 Å². The van der Waals surface area contributed by atoms with Gasteiger partial charge < -0.3 is 0 Å². The van der Waals surface area contributed by atoms with Gasteiger partial charge in [0.1, 0.15) is 0 Å². The van der Waals surface area contributed by atoms with E-state index < -0.39 is 0 Å². The normalized spacial score (nSPS) is 16.8. The Labute approximate surface area is 73.6 Å². The Bertz CT molecular complexity index is 271. The summed E-state index contributed by atoms with van der Waals surface area (Å²) in [5.41, 5.74) is 2.60. The maximum absolute atomic E-state index is 4.58. The van der Waals surface area contributed by atoms with Gasteiger partial charge >= 0.3 is 0 Å². The third kappa shape index (κ3) is 1.38. The van der Waals surface area contributed by atoms with Gasteiger partial charge in [-0.05, 0) is 32.3 Å². The van der Waals surface area contributed by atoms with Crippen molar-refractivity contribution in [1.82, 2.24) is 9.78 Å². The lowest BCUT2D eigenvalue weighted by atomic mass is 10.2. The summed E-state index contributed by atoms with van der Waals surface area (Å²) in [5.74, 6) is 0. The summed E-state index contributed by atoms with van der Waals surface area (Å²) in [4.78, 5) is 0. The molecular formula is C10H16N2. The first kappa shape index (κ1) is 7.84. The van der Waals surface area contributed by atoms with E-state index in [0.29, 0.717) is 0 Å². The van der Waals surface area contributed by atoms with E-state index in [1.165, 1.54) is 30.7 Å². The van der Waals surface area contributed by atoms with E-state index in [1.54, 1.807) is 0 Å². The monoisotopic (exact) mass is 164 g/mol. The Morgan fingerprint density at radius 1 is 1.58 bits per heavy atom. The van der Waals surface area contributed by atoms with Crippen LogP contribution >= 0.6 is 0 Å². The van der Waals surface area contributed by atoms with Crippen LogP contribution in [0.5, 0.6) is 0 Å². The molecule has 1 aromatic heterocycles. The highest BCUT2D eigenvalue weighted by Gasteiger charge is 2.25. The van der Waals surface area contributed by atoms with Crippen LogP contribution in [0.25, 0.3) is 0 Å². The minimum absolute atomic E-state index is 0.732. The summed E-state index contributed by atoms with van der Waals surface area (Å²) >= 11 is 0. The highest BCUT2D eigenvalue weighted by molar-refractivity contribution is 5.11. The van der Waals surface area contributed by atoms with Gasteiger partial charge in [0, 0.05) is 5.69 Å². The molecule has 2 rings (SSSR count). The van der Waals surface area contributed by atoms with E-state index >= 15 is 0 Å². The summed E-state index contributed by atoms with van der Waals surface area (Å²) in [6, 6.07) is 2.96. The molecule has 0 N–H and O–H groups in total. The van der Waals surface area contributed by atoms with Crippen LogP contribution in [0.2, 0.25) is 0 Å². The van der Waals surface area contributed by atoms with Gasteiger partial charge in [0.25, 0.3) is 0 Å². The SMILES string of the molecule is CCCc1cc(C)n(C2CC2)n1. The van der Waals surface area contributed by atoms with Crippen molar-refractivity contribution in [2.24, 2.45) is 0 Å². The van der Waals surface area contributed by atoms with Crippen LogP contribution in [0.15, 0.2) is 6.07 Å². The van der Waals surface area contributed by atoms with Gasteiger partial charge in [-0.15, -0.1) is 0 Å². The molecule has 0 saturated heterocycles. The van der Waals surface area contributed by atoms with Crippen molar-refractivity contribution < 1.29 is 0 Å². The molecule has 0 spiro atoms. The molecule has 0 aromatic carbocycles. The number of nitrogens with zero attached hydrogens (tertiary/aromatic N) is 2. The fraction of sp³-hybridized carbons (Fsp3) is 0.700. The van der Waals surface area contributed by atoms with Crippen molar-refractivity contribution in [3.63, 3.8) is 0 Å². The zero-order chi connectivity index (χ0) is 8.55. The van der Waals surface area contributed by atoms with Crippen molar-refractivity contribution in [3.8, 4) is 0 Å². The molecule has 0 amide bonds. The molecule has 1 fully saturated rings. The molecule has 1 aromatic rings. The Balaban J connectivity index is 2.18. The highest BCUT2D eigenvalue weighted by Crippen LogP contribution is 2.35. The second kappa shape index (κ2) is 2.92. The van der Waals surface area contributed by atoms with Gasteiger partial charge in [0.05, 0.1) is 11.7 Å². The topological polar surface area (TPSA) is 17.8 Å². The second-order valence-electron chi connectivity index (χ2n) is 3.70. The number of aromatic nitrogens is 2. The lowest BCUT2D eigenvalue weighted by Crippen LogP contribution is -1.98. The zero-order valence-corrected chi connectivity index (χ0v) is 7.88. The largest absolute Gasteiger partial charge is 0.267 e. The number of hydrogen-bond acceptors (Lipinski definition) is 1. The minimum Gasteiger partial charge on any atom is -0.267 e. The molecule has 1 heterocycles. The van der Waals surface area contributed by atoms with Gasteiger partial charge in [-0.1, -0.05) is 13.3 Å². The molecule has 0 aliphatic heterocycles. The van der Waals surface area contributed by atoms with Crippen molar-refractivity contribution >= 4 is 0 Å². The van der Waals surface area contributed by atoms with Crippen LogP contribution in [0.4, 0.5) is 0 Å². The Morgan fingerprint density at radius 2 is 2.33 bits per heavy atom. The molecule has 1 aliphatic rings. The van der Waals surface area contributed by atoms with Crippen LogP contribution in [-0.4, -0.2) is 9.78 Å². The van der Waals surface area contributed by atoms with Crippen LogP contribution in [0.3, 0.4) is 0 Å². The fourth-order valence-electron chi connectivity index (χ4n) is 1.62. The summed E-state index contributed by atoms with van der Waals surface area (Å²) in [5, 5.41) is 4.58. The van der Waals surface area contributed by atoms with Crippen LogP contribution in [0, 0.1) is 6.92 Å². The second-order valence-corrected chi connectivity index (χ2v) is 3.70. The highest BCUT2D eigenvalue weighted by atomic mass is 15.3. The Kier molecular flexibility index (Phi) is 1.91. The molecule has 0 bridgehead atoms. The van der Waals surface area contributed by atoms with E-state index in [9.17, 15) is 0 Å². The fourth-order valence-corrected chi connectivity index (χ4v) is 1.62. The first-order valence-electron chi connectivity index (χ1n) is 4.86. The standard InChI is InChI=1S/C10H16N2/c1-3-4-9-7-8(2)12(11-9)10-5-6-10/h7,10H,3-6H2,1-2H3. The lowest BCUT2D eigenvalue weighted by Gasteiger charge is -1.98. The predicted molar refractivity (Wildman–Crippen MR) is 49.2 cm³/mol. The molecule has 0 radical (unpaired) electrons. The molecule has 66 valence electrons. The molecular weight excluding hydrogens is 148 g/mol. The molecule has 2 nitrogen and oxygen atoms in total. The van der Waals surface area contributed by atoms with Crippen LogP contribution in [-0.2, 0) is 6.42 Å². The number of aryl methyl sites for hydroxylation is 2. The molecule has 0 unspecified atom stereocenters. The van der Waals surface area contributed by atoms with E-state index in [0.717, 1.165) is 12.5 Å². The molecule has 2 heteroatoms. The quantitative estimate of drug-likeness (QED) is 0.671. The third-order valence-electron chi connectivity index (χ3n) is 2.37. The van der Waals surface area contributed by atoms with Crippen molar-refractivity contribution in [2.45, 2.75) is 45.6 Å². The van der Waals surface area contributed by atoms with Crippen LogP contribution < -0.4 is 0 Å². The van der Waals surface area contributed by atoms with E-state index in [-0.39, 0.29) is 0 Å². The lowest BCUT2D eigenvalue weighted by molar-refractivity contribution is 0.610. The first-order valence-corrected chi connectivity index (χ1v) is 4.86. The Hall–Kier alpha value is -0.790. The van der Waals surface area contributed by atoms with Crippen molar-refractivity contribution in [2.75, 3.05) is 0 Å². The maximum atomic E-state index is 4.58. The van der Waals surface area contributed by atoms with E-state index in [1.807, 2.05) is 0 Å². The summed E-state index contributed by atoms with van der Waals surface area (Å²) < 4.78 is 2.20. The molecule has 0 atom stereocenters. The summed E-state index contributed by atoms with van der Waals surface area (Å²) in [7, 11) is 0. The zero-order valence-electron chi connectivity index (χ0n) is 7.88. The smallest absolute Gasteiger partial charge is 0.0627 e. The van der Waals surface area contributed by atoms with Gasteiger partial charge in [-0.25, -0.2) is 0 Å². The van der Waals surface area contributed by atoms with Crippen LogP contribution in [0.1, 0.15) is 43.6 Å². The summed E-state index contributed by atoms with van der Waals surface area (Å²) in [6.07, 6.45) is 4.98. The molecule has 12 heavy (non-hydrogen) atoms. The minimum atomic E-state index is 0.732. The maximum Gasteiger partial charge on any atom is 0.0627 e. The average Bonchev–Trinajstić information content (AvgIpc) is 2.79. The van der Waals surface area contributed by atoms with Gasteiger partial charge in [0.2, 0.25) is 0 Å². The molecule has 1 saturated carbocycles. The van der Waals surface area contributed by atoms with Crippen molar-refractivity contribution in [1.29, 1.82) is 0 Å². The van der Waals surface area contributed by atoms with E-state index in [4.69, 9.17) is 0 Å². The van der Waals surface area contributed by atoms with E-state index in [2.05, 4.69) is 29.7 Å². The molecule has 1 aliphatic carbocycles.